The average Bonchev–Trinajstić information content (AvgIpc) is 2.52. The number of benzene rings is 2. The van der Waals surface area contributed by atoms with E-state index in [4.69, 9.17) is 5.73 Å². The van der Waals surface area contributed by atoms with Gasteiger partial charge in [-0.15, -0.1) is 0 Å². The zero-order valence-corrected chi connectivity index (χ0v) is 11.9. The quantitative estimate of drug-likeness (QED) is 0.908. The van der Waals surface area contributed by atoms with Crippen molar-refractivity contribution in [3.05, 3.63) is 70.8 Å². The fraction of sp³-hybridized carbons (Fsp3) is 0.125. The van der Waals surface area contributed by atoms with Crippen LogP contribution in [0.25, 0.3) is 0 Å². The van der Waals surface area contributed by atoms with Gasteiger partial charge in [-0.2, -0.15) is 13.2 Å². The van der Waals surface area contributed by atoms with Crippen LogP contribution in [-0.4, -0.2) is 11.8 Å². The monoisotopic (exact) mass is 322 g/mol. The molecular formula is C16H13F3N2O2. The minimum atomic E-state index is -4.61. The molecule has 0 bridgehead atoms. The van der Waals surface area contributed by atoms with Crippen LogP contribution in [0.4, 0.5) is 13.2 Å². The van der Waals surface area contributed by atoms with Gasteiger partial charge in [0.25, 0.3) is 5.91 Å². The molecule has 0 aliphatic rings. The fourth-order valence-electron chi connectivity index (χ4n) is 2.04. The van der Waals surface area contributed by atoms with Gasteiger partial charge in [-0.05, 0) is 29.8 Å². The molecule has 0 aliphatic heterocycles. The number of carbonyl (C=O) groups excluding carboxylic acids is 2. The molecule has 3 N–H and O–H groups in total. The number of alkyl halides is 3. The van der Waals surface area contributed by atoms with E-state index in [1.165, 1.54) is 24.3 Å². The van der Waals surface area contributed by atoms with Gasteiger partial charge in [0.1, 0.15) is 0 Å². The number of halogens is 3. The molecule has 0 fully saturated rings. The average molecular weight is 322 g/mol. The molecule has 2 aromatic rings. The Labute approximate surface area is 130 Å². The molecule has 0 atom stereocenters. The predicted octanol–water partition coefficient (Wildman–Crippen LogP) is 2.73. The van der Waals surface area contributed by atoms with E-state index in [0.717, 1.165) is 12.1 Å². The van der Waals surface area contributed by atoms with Crippen molar-refractivity contribution in [3.63, 3.8) is 0 Å². The summed E-state index contributed by atoms with van der Waals surface area (Å²) in [6, 6.07) is 10.7. The van der Waals surface area contributed by atoms with Crippen LogP contribution >= 0.6 is 0 Å². The van der Waals surface area contributed by atoms with Crippen molar-refractivity contribution < 1.29 is 22.8 Å². The molecule has 23 heavy (non-hydrogen) atoms. The Balaban J connectivity index is 2.15. The summed E-state index contributed by atoms with van der Waals surface area (Å²) in [5.74, 6) is -1.47. The second kappa shape index (κ2) is 6.51. The summed E-state index contributed by atoms with van der Waals surface area (Å²) < 4.78 is 38.6. The molecule has 120 valence electrons. The highest BCUT2D eigenvalue weighted by atomic mass is 19.4. The van der Waals surface area contributed by atoms with Gasteiger partial charge in [-0.25, -0.2) is 0 Å². The van der Waals surface area contributed by atoms with Crippen molar-refractivity contribution in [2.45, 2.75) is 12.7 Å². The topological polar surface area (TPSA) is 72.2 Å². The smallest absolute Gasteiger partial charge is 0.366 e. The van der Waals surface area contributed by atoms with E-state index in [2.05, 4.69) is 5.32 Å². The number of hydrogen-bond acceptors (Lipinski definition) is 2. The highest BCUT2D eigenvalue weighted by molar-refractivity contribution is 5.96. The summed E-state index contributed by atoms with van der Waals surface area (Å²) >= 11 is 0. The van der Waals surface area contributed by atoms with Crippen LogP contribution in [0.1, 0.15) is 31.8 Å². The molecule has 7 heteroatoms. The third kappa shape index (κ3) is 4.09. The SMILES string of the molecule is NC(=O)c1cccc(CNC(=O)c2ccccc2C(F)(F)F)c1. The van der Waals surface area contributed by atoms with E-state index >= 15 is 0 Å². The number of hydrogen-bond donors (Lipinski definition) is 2. The van der Waals surface area contributed by atoms with Crippen molar-refractivity contribution in [1.82, 2.24) is 5.32 Å². The number of nitrogens with one attached hydrogen (secondary N) is 1. The maximum absolute atomic E-state index is 12.9. The lowest BCUT2D eigenvalue weighted by atomic mass is 10.1. The zero-order chi connectivity index (χ0) is 17.0. The molecule has 2 aromatic carbocycles. The highest BCUT2D eigenvalue weighted by Crippen LogP contribution is 2.31. The Morgan fingerprint density at radius 2 is 1.74 bits per heavy atom. The molecule has 2 amide bonds. The van der Waals surface area contributed by atoms with E-state index in [0.29, 0.717) is 5.56 Å². The summed E-state index contributed by atoms with van der Waals surface area (Å²) in [5.41, 5.74) is 4.51. The van der Waals surface area contributed by atoms with Crippen molar-refractivity contribution >= 4 is 11.8 Å². The van der Waals surface area contributed by atoms with Gasteiger partial charge in [0.05, 0.1) is 11.1 Å². The van der Waals surface area contributed by atoms with Gasteiger partial charge in [-0.1, -0.05) is 24.3 Å². The lowest BCUT2D eigenvalue weighted by Gasteiger charge is -2.12. The van der Waals surface area contributed by atoms with E-state index in [1.807, 2.05) is 0 Å². The van der Waals surface area contributed by atoms with Crippen LogP contribution in [0, 0.1) is 0 Å². The number of carbonyl (C=O) groups is 2. The molecule has 0 radical (unpaired) electrons. The molecule has 0 aliphatic carbocycles. The van der Waals surface area contributed by atoms with E-state index in [1.54, 1.807) is 12.1 Å². The fourth-order valence-corrected chi connectivity index (χ4v) is 2.04. The van der Waals surface area contributed by atoms with E-state index in [9.17, 15) is 22.8 Å². The van der Waals surface area contributed by atoms with Gasteiger partial charge in [0.15, 0.2) is 0 Å². The molecular weight excluding hydrogens is 309 g/mol. The second-order valence-corrected chi connectivity index (χ2v) is 4.79. The van der Waals surface area contributed by atoms with Crippen LogP contribution in [0.3, 0.4) is 0 Å². The zero-order valence-electron chi connectivity index (χ0n) is 11.9. The normalized spacial score (nSPS) is 11.1. The maximum Gasteiger partial charge on any atom is 0.417 e. The van der Waals surface area contributed by atoms with Gasteiger partial charge >= 0.3 is 6.18 Å². The van der Waals surface area contributed by atoms with Crippen LogP contribution < -0.4 is 11.1 Å². The van der Waals surface area contributed by atoms with Crippen LogP contribution in [0.15, 0.2) is 48.5 Å². The third-order valence-electron chi connectivity index (χ3n) is 3.14. The minimum absolute atomic E-state index is 0.0217. The van der Waals surface area contributed by atoms with Gasteiger partial charge in [0.2, 0.25) is 5.91 Å². The Hall–Kier alpha value is -2.83. The standard InChI is InChI=1S/C16H13F3N2O2/c17-16(18,19)13-7-2-1-6-12(13)15(23)21-9-10-4-3-5-11(8-10)14(20)22/h1-8H,9H2,(H2,20,22)(H,21,23). The summed E-state index contributed by atoms with van der Waals surface area (Å²) in [6.45, 7) is -0.0217. The van der Waals surface area contributed by atoms with E-state index < -0.39 is 29.1 Å². The van der Waals surface area contributed by atoms with Crippen LogP contribution in [0.2, 0.25) is 0 Å². The first-order valence-corrected chi connectivity index (χ1v) is 6.62. The van der Waals surface area contributed by atoms with Crippen molar-refractivity contribution in [2.24, 2.45) is 5.73 Å². The van der Waals surface area contributed by atoms with Gasteiger partial charge in [0, 0.05) is 12.1 Å². The Morgan fingerprint density at radius 1 is 1.04 bits per heavy atom. The second-order valence-electron chi connectivity index (χ2n) is 4.79. The summed E-state index contributed by atoms with van der Waals surface area (Å²) in [6.07, 6.45) is -4.61. The van der Waals surface area contributed by atoms with Gasteiger partial charge < -0.3 is 11.1 Å². The Morgan fingerprint density at radius 3 is 2.39 bits per heavy atom. The van der Waals surface area contributed by atoms with Crippen LogP contribution in [0.5, 0.6) is 0 Å². The molecule has 4 nitrogen and oxygen atoms in total. The molecule has 0 aromatic heterocycles. The molecule has 0 spiro atoms. The van der Waals surface area contributed by atoms with Crippen LogP contribution in [-0.2, 0) is 12.7 Å². The Bertz CT molecular complexity index is 742. The molecule has 0 heterocycles. The first-order valence-electron chi connectivity index (χ1n) is 6.62. The first kappa shape index (κ1) is 16.5. The molecule has 0 saturated carbocycles. The molecule has 2 rings (SSSR count). The first-order chi connectivity index (χ1) is 10.8. The predicted molar refractivity (Wildman–Crippen MR) is 77.6 cm³/mol. The van der Waals surface area contributed by atoms with Crippen molar-refractivity contribution in [3.8, 4) is 0 Å². The third-order valence-corrected chi connectivity index (χ3v) is 3.14. The number of nitrogens with two attached hydrogens (primary N) is 1. The minimum Gasteiger partial charge on any atom is -0.366 e. The molecule has 0 saturated heterocycles. The van der Waals surface area contributed by atoms with Gasteiger partial charge in [-0.3, -0.25) is 9.59 Å². The Kier molecular flexibility index (Phi) is 4.68. The summed E-state index contributed by atoms with van der Waals surface area (Å²) in [4.78, 5) is 23.1. The number of rotatable bonds is 4. The molecule has 0 unspecified atom stereocenters. The van der Waals surface area contributed by atoms with E-state index in [-0.39, 0.29) is 12.1 Å². The lowest BCUT2D eigenvalue weighted by molar-refractivity contribution is -0.137. The largest absolute Gasteiger partial charge is 0.417 e. The number of amides is 2. The summed E-state index contributed by atoms with van der Waals surface area (Å²) in [7, 11) is 0. The maximum atomic E-state index is 12.9. The summed E-state index contributed by atoms with van der Waals surface area (Å²) in [5, 5.41) is 2.40. The van der Waals surface area contributed by atoms with Crippen molar-refractivity contribution in [1.29, 1.82) is 0 Å². The lowest BCUT2D eigenvalue weighted by Crippen LogP contribution is -2.26. The van der Waals surface area contributed by atoms with Crippen molar-refractivity contribution in [2.75, 3.05) is 0 Å². The highest BCUT2D eigenvalue weighted by Gasteiger charge is 2.34. The number of primary amides is 1.